The first-order chi connectivity index (χ1) is 14.3. The molecule has 1 aliphatic heterocycles. The third-order valence-electron chi connectivity index (χ3n) is 5.11. The average molecular weight is 414 g/mol. The standard InChI is InChI=1S/C21H26N4O5/c1-6-22-20(26)11-7-14(19-18(11)29-21(2,3)30-19)25-17-10-23-12-8-15(27-4)16(28-5)9-13(12)24-17/h7-10,14,18-19H,6H2,1-5H3,(H,22,26)(H,24,25)/t14-,18-,19+/m1/s1. The van der Waals surface area contributed by atoms with E-state index in [0.717, 1.165) is 0 Å². The van der Waals surface area contributed by atoms with Crippen molar-refractivity contribution >= 4 is 22.8 Å². The van der Waals surface area contributed by atoms with Gasteiger partial charge >= 0.3 is 0 Å². The van der Waals surface area contributed by atoms with Crippen LogP contribution in [0.2, 0.25) is 0 Å². The number of carbonyl (C=O) groups is 1. The van der Waals surface area contributed by atoms with Gasteiger partial charge in [0.05, 0.1) is 37.5 Å². The third-order valence-corrected chi connectivity index (χ3v) is 5.11. The van der Waals surface area contributed by atoms with Crippen molar-refractivity contribution in [3.63, 3.8) is 0 Å². The molecule has 0 unspecified atom stereocenters. The molecule has 1 aromatic heterocycles. The summed E-state index contributed by atoms with van der Waals surface area (Å²) in [5.74, 6) is 0.789. The number of nitrogens with zero attached hydrogens (tertiary/aromatic N) is 2. The molecule has 3 atom stereocenters. The number of rotatable bonds is 6. The monoisotopic (exact) mass is 414 g/mol. The van der Waals surface area contributed by atoms with E-state index in [-0.39, 0.29) is 18.1 Å². The van der Waals surface area contributed by atoms with Crippen LogP contribution < -0.4 is 20.1 Å². The number of ether oxygens (including phenoxy) is 4. The lowest BCUT2D eigenvalue weighted by atomic mass is 10.1. The molecule has 1 aromatic carbocycles. The molecule has 1 fully saturated rings. The molecular weight excluding hydrogens is 388 g/mol. The third kappa shape index (κ3) is 3.66. The zero-order valence-electron chi connectivity index (χ0n) is 17.7. The maximum atomic E-state index is 12.5. The minimum absolute atomic E-state index is 0.153. The normalized spacial score (nSPS) is 24.3. The topological polar surface area (TPSA) is 104 Å². The van der Waals surface area contributed by atoms with E-state index in [9.17, 15) is 4.79 Å². The number of amides is 1. The Kier molecular flexibility index (Phi) is 5.25. The van der Waals surface area contributed by atoms with Gasteiger partial charge in [0, 0.05) is 24.3 Å². The average Bonchev–Trinajstić information content (AvgIpc) is 3.20. The lowest BCUT2D eigenvalue weighted by Crippen LogP contribution is -2.36. The predicted molar refractivity (Wildman–Crippen MR) is 111 cm³/mol. The van der Waals surface area contributed by atoms with Crippen LogP contribution in [-0.4, -0.2) is 60.7 Å². The Balaban J connectivity index is 1.63. The number of carbonyl (C=O) groups excluding carboxylic acids is 1. The van der Waals surface area contributed by atoms with E-state index in [1.807, 2.05) is 26.8 Å². The zero-order valence-corrected chi connectivity index (χ0v) is 17.7. The van der Waals surface area contributed by atoms with Crippen LogP contribution in [0, 0.1) is 0 Å². The number of nitrogens with one attached hydrogen (secondary N) is 2. The highest BCUT2D eigenvalue weighted by molar-refractivity contribution is 5.95. The molecule has 1 saturated heterocycles. The van der Waals surface area contributed by atoms with Gasteiger partial charge in [-0.15, -0.1) is 0 Å². The predicted octanol–water partition coefficient (Wildman–Crippen LogP) is 2.02. The van der Waals surface area contributed by atoms with Gasteiger partial charge in [-0.1, -0.05) is 0 Å². The second-order valence-corrected chi connectivity index (χ2v) is 7.62. The molecular formula is C21H26N4O5. The zero-order chi connectivity index (χ0) is 21.5. The van der Waals surface area contributed by atoms with Gasteiger partial charge in [-0.2, -0.15) is 0 Å². The van der Waals surface area contributed by atoms with E-state index in [2.05, 4.69) is 20.6 Å². The highest BCUT2D eigenvalue weighted by atomic mass is 16.8. The molecule has 2 N–H and O–H groups in total. The molecule has 160 valence electrons. The summed E-state index contributed by atoms with van der Waals surface area (Å²) in [5.41, 5.74) is 1.90. The number of likely N-dealkylation sites (N-methyl/N-ethyl adjacent to an activating group) is 1. The number of hydrogen-bond acceptors (Lipinski definition) is 8. The van der Waals surface area contributed by atoms with Gasteiger partial charge in [0.25, 0.3) is 0 Å². The van der Waals surface area contributed by atoms with Crippen LogP contribution in [0.3, 0.4) is 0 Å². The molecule has 1 amide bonds. The van der Waals surface area contributed by atoms with Crippen molar-refractivity contribution in [3.05, 3.63) is 30.0 Å². The molecule has 0 spiro atoms. The van der Waals surface area contributed by atoms with Crippen molar-refractivity contribution in [1.29, 1.82) is 0 Å². The van der Waals surface area contributed by atoms with Gasteiger partial charge in [0.15, 0.2) is 17.3 Å². The number of benzene rings is 1. The van der Waals surface area contributed by atoms with E-state index in [4.69, 9.17) is 18.9 Å². The molecule has 0 bridgehead atoms. The molecule has 4 rings (SSSR count). The number of aromatic nitrogens is 2. The lowest BCUT2D eigenvalue weighted by Gasteiger charge is -2.22. The number of fused-ring (bicyclic) bond motifs is 2. The lowest BCUT2D eigenvalue weighted by molar-refractivity contribution is -0.146. The Hall–Kier alpha value is -2.91. The molecule has 2 aromatic rings. The van der Waals surface area contributed by atoms with Crippen molar-refractivity contribution < 1.29 is 23.7 Å². The van der Waals surface area contributed by atoms with Crippen LogP contribution in [0.4, 0.5) is 5.82 Å². The molecule has 0 radical (unpaired) electrons. The van der Waals surface area contributed by atoms with Crippen LogP contribution in [0.25, 0.3) is 11.0 Å². The van der Waals surface area contributed by atoms with Crippen LogP contribution in [0.15, 0.2) is 30.0 Å². The fraction of sp³-hybridized carbons (Fsp3) is 0.476. The summed E-state index contributed by atoms with van der Waals surface area (Å²) in [6.45, 7) is 6.10. The number of hydrogen-bond donors (Lipinski definition) is 2. The van der Waals surface area contributed by atoms with Gasteiger partial charge in [-0.05, 0) is 26.8 Å². The second kappa shape index (κ2) is 7.73. The van der Waals surface area contributed by atoms with Crippen LogP contribution in [0.5, 0.6) is 11.5 Å². The minimum atomic E-state index is -0.778. The Bertz CT molecular complexity index is 1010. The summed E-state index contributed by atoms with van der Waals surface area (Å²) in [4.78, 5) is 21.6. The van der Waals surface area contributed by atoms with Crippen molar-refractivity contribution in [1.82, 2.24) is 15.3 Å². The molecule has 30 heavy (non-hydrogen) atoms. The van der Waals surface area contributed by atoms with Crippen LogP contribution >= 0.6 is 0 Å². The Labute approximate surface area is 174 Å². The smallest absolute Gasteiger partial charge is 0.249 e. The summed E-state index contributed by atoms with van der Waals surface area (Å²) in [5, 5.41) is 6.16. The first-order valence-electron chi connectivity index (χ1n) is 9.86. The van der Waals surface area contributed by atoms with E-state index in [0.29, 0.717) is 40.5 Å². The van der Waals surface area contributed by atoms with Crippen LogP contribution in [-0.2, 0) is 14.3 Å². The van der Waals surface area contributed by atoms with E-state index in [1.165, 1.54) is 0 Å². The van der Waals surface area contributed by atoms with Crippen LogP contribution in [0.1, 0.15) is 20.8 Å². The molecule has 2 heterocycles. The summed E-state index contributed by atoms with van der Waals surface area (Å²) >= 11 is 0. The maximum absolute atomic E-state index is 12.5. The van der Waals surface area contributed by atoms with Gasteiger partial charge in [-0.25, -0.2) is 4.98 Å². The summed E-state index contributed by atoms with van der Waals surface area (Å²) in [6.07, 6.45) is 2.69. The Morgan fingerprint density at radius 1 is 1.17 bits per heavy atom. The SMILES string of the molecule is CCNC(=O)C1=C[C@@H](Nc2cnc3cc(OC)c(OC)cc3n2)[C@@H]2OC(C)(C)O[C@H]12. The van der Waals surface area contributed by atoms with Crippen molar-refractivity contribution in [2.75, 3.05) is 26.1 Å². The summed E-state index contributed by atoms with van der Waals surface area (Å²) in [7, 11) is 3.15. The molecule has 2 aliphatic rings. The highest BCUT2D eigenvalue weighted by Gasteiger charge is 2.51. The molecule has 9 nitrogen and oxygen atoms in total. The van der Waals surface area contributed by atoms with E-state index >= 15 is 0 Å². The summed E-state index contributed by atoms with van der Waals surface area (Å²) in [6, 6.07) is 3.26. The fourth-order valence-electron chi connectivity index (χ4n) is 3.85. The molecule has 9 heteroatoms. The molecule has 0 saturated carbocycles. The van der Waals surface area contributed by atoms with Crippen molar-refractivity contribution in [2.24, 2.45) is 0 Å². The number of anilines is 1. The highest BCUT2D eigenvalue weighted by Crippen LogP contribution is 2.39. The first kappa shape index (κ1) is 20.4. The number of methoxy groups -OCH3 is 2. The van der Waals surface area contributed by atoms with Crippen molar-refractivity contribution in [2.45, 2.75) is 44.8 Å². The maximum Gasteiger partial charge on any atom is 0.249 e. The second-order valence-electron chi connectivity index (χ2n) is 7.62. The largest absolute Gasteiger partial charge is 0.493 e. The minimum Gasteiger partial charge on any atom is -0.493 e. The quantitative estimate of drug-likeness (QED) is 0.740. The Morgan fingerprint density at radius 2 is 1.87 bits per heavy atom. The van der Waals surface area contributed by atoms with E-state index in [1.54, 1.807) is 32.5 Å². The van der Waals surface area contributed by atoms with Gasteiger partial charge in [0.2, 0.25) is 5.91 Å². The van der Waals surface area contributed by atoms with Gasteiger partial charge in [-0.3, -0.25) is 9.78 Å². The van der Waals surface area contributed by atoms with Gasteiger partial charge in [0.1, 0.15) is 18.0 Å². The van der Waals surface area contributed by atoms with E-state index < -0.39 is 11.9 Å². The Morgan fingerprint density at radius 3 is 2.53 bits per heavy atom. The fourth-order valence-corrected chi connectivity index (χ4v) is 3.85. The summed E-state index contributed by atoms with van der Waals surface area (Å²) < 4.78 is 22.7. The van der Waals surface area contributed by atoms with Gasteiger partial charge < -0.3 is 29.6 Å². The first-order valence-corrected chi connectivity index (χ1v) is 9.86. The molecule has 1 aliphatic carbocycles. The van der Waals surface area contributed by atoms with Crippen molar-refractivity contribution in [3.8, 4) is 11.5 Å².